The average molecular weight is 368 g/mol. The predicted molar refractivity (Wildman–Crippen MR) is 102 cm³/mol. The van der Waals surface area contributed by atoms with Crippen LogP contribution < -0.4 is 9.47 Å². The highest BCUT2D eigenvalue weighted by atomic mass is 16.7. The molecule has 0 amide bonds. The molecule has 0 N–H and O–H groups in total. The van der Waals surface area contributed by atoms with Crippen molar-refractivity contribution in [2.24, 2.45) is 0 Å². The van der Waals surface area contributed by atoms with Gasteiger partial charge in [0.2, 0.25) is 6.79 Å². The molecule has 2 aromatic rings. The third kappa shape index (κ3) is 3.80. The van der Waals surface area contributed by atoms with Gasteiger partial charge in [0, 0.05) is 30.8 Å². The minimum absolute atomic E-state index is 0.196. The summed E-state index contributed by atoms with van der Waals surface area (Å²) in [6, 6.07) is 14.1. The first-order valence-electron chi connectivity index (χ1n) is 9.39. The van der Waals surface area contributed by atoms with Crippen LogP contribution in [-0.2, 0) is 14.2 Å². The molecule has 4 rings (SSSR count). The summed E-state index contributed by atoms with van der Waals surface area (Å²) in [5.74, 6) is 2.35. The quantitative estimate of drug-likeness (QED) is 0.659. The van der Waals surface area contributed by atoms with E-state index in [2.05, 4.69) is 6.08 Å². The molecule has 2 aliphatic heterocycles. The van der Waals surface area contributed by atoms with E-state index in [0.717, 1.165) is 33.9 Å². The van der Waals surface area contributed by atoms with E-state index in [1.807, 2.05) is 56.3 Å². The van der Waals surface area contributed by atoms with Crippen molar-refractivity contribution in [3.8, 4) is 11.5 Å². The molecule has 5 heteroatoms. The zero-order chi connectivity index (χ0) is 18.6. The van der Waals surface area contributed by atoms with Crippen LogP contribution in [0.2, 0.25) is 0 Å². The monoisotopic (exact) mass is 368 g/mol. The van der Waals surface area contributed by atoms with Crippen LogP contribution in [0.5, 0.6) is 11.5 Å². The highest BCUT2D eigenvalue weighted by Gasteiger charge is 2.30. The molecule has 5 nitrogen and oxygen atoms in total. The first-order valence-corrected chi connectivity index (χ1v) is 9.39. The summed E-state index contributed by atoms with van der Waals surface area (Å²) >= 11 is 0. The van der Waals surface area contributed by atoms with Gasteiger partial charge in [0.1, 0.15) is 11.9 Å². The Morgan fingerprint density at radius 2 is 1.70 bits per heavy atom. The Kier molecular flexibility index (Phi) is 5.32. The van der Waals surface area contributed by atoms with E-state index in [9.17, 15) is 0 Å². The van der Waals surface area contributed by atoms with Gasteiger partial charge in [-0.25, -0.2) is 0 Å². The largest absolute Gasteiger partial charge is 0.485 e. The standard InChI is InChI=1S/C22H24O5/c1-3-23-22(24-4-2)13-19-17-12-21-20(25-14-26-21)11-16(17)10-18(27-19)15-8-6-5-7-9-15/h5-12,19,22H,3-4,13-14H2,1-2H3. The SMILES string of the molecule is CCOC(CC1OC(c2ccccc2)=Cc2cc3c(cc21)OCO3)OCC. The molecular formula is C22H24O5. The van der Waals surface area contributed by atoms with Gasteiger partial charge in [0.05, 0.1) is 0 Å². The van der Waals surface area contributed by atoms with Crippen LogP contribution in [0, 0.1) is 0 Å². The Labute approximate surface area is 159 Å². The number of fused-ring (bicyclic) bond motifs is 2. The number of rotatable bonds is 7. The number of benzene rings is 2. The van der Waals surface area contributed by atoms with E-state index in [-0.39, 0.29) is 19.2 Å². The van der Waals surface area contributed by atoms with Gasteiger partial charge in [0.15, 0.2) is 17.8 Å². The van der Waals surface area contributed by atoms with Crippen molar-refractivity contribution in [1.82, 2.24) is 0 Å². The second kappa shape index (κ2) is 8.03. The van der Waals surface area contributed by atoms with E-state index >= 15 is 0 Å². The summed E-state index contributed by atoms with van der Waals surface area (Å²) in [6.07, 6.45) is 2.13. The minimum Gasteiger partial charge on any atom is -0.485 e. The number of hydrogen-bond acceptors (Lipinski definition) is 5. The number of ether oxygens (including phenoxy) is 5. The van der Waals surface area contributed by atoms with Crippen molar-refractivity contribution >= 4 is 11.8 Å². The van der Waals surface area contributed by atoms with Crippen molar-refractivity contribution in [2.45, 2.75) is 32.7 Å². The van der Waals surface area contributed by atoms with Crippen LogP contribution in [0.15, 0.2) is 42.5 Å². The molecule has 1 atom stereocenters. The van der Waals surface area contributed by atoms with Crippen LogP contribution >= 0.6 is 0 Å². The zero-order valence-electron chi connectivity index (χ0n) is 15.6. The van der Waals surface area contributed by atoms with E-state index in [1.54, 1.807) is 0 Å². The average Bonchev–Trinajstić information content (AvgIpc) is 3.15. The topological polar surface area (TPSA) is 46.2 Å². The maximum Gasteiger partial charge on any atom is 0.231 e. The molecule has 0 saturated heterocycles. The Balaban J connectivity index is 1.70. The fourth-order valence-electron chi connectivity index (χ4n) is 3.43. The predicted octanol–water partition coefficient (Wildman–Crippen LogP) is 4.77. The lowest BCUT2D eigenvalue weighted by atomic mass is 9.94. The summed E-state index contributed by atoms with van der Waals surface area (Å²) in [4.78, 5) is 0. The zero-order valence-corrected chi connectivity index (χ0v) is 15.6. The van der Waals surface area contributed by atoms with Gasteiger partial charge in [0.25, 0.3) is 0 Å². The fourth-order valence-corrected chi connectivity index (χ4v) is 3.43. The Hall–Kier alpha value is -2.50. The maximum atomic E-state index is 6.39. The molecule has 0 fully saturated rings. The lowest BCUT2D eigenvalue weighted by molar-refractivity contribution is -0.152. The van der Waals surface area contributed by atoms with Crippen molar-refractivity contribution in [2.75, 3.05) is 20.0 Å². The Morgan fingerprint density at radius 3 is 2.41 bits per heavy atom. The van der Waals surface area contributed by atoms with Crippen LogP contribution in [0.3, 0.4) is 0 Å². The highest BCUT2D eigenvalue weighted by molar-refractivity contribution is 5.81. The summed E-state index contributed by atoms with van der Waals surface area (Å²) in [6.45, 7) is 5.36. The molecule has 2 aliphatic rings. The summed E-state index contributed by atoms with van der Waals surface area (Å²) in [5, 5.41) is 0. The molecule has 2 aromatic carbocycles. The van der Waals surface area contributed by atoms with Crippen molar-refractivity contribution in [3.63, 3.8) is 0 Å². The van der Waals surface area contributed by atoms with Crippen LogP contribution in [0.4, 0.5) is 0 Å². The van der Waals surface area contributed by atoms with Crippen molar-refractivity contribution in [1.29, 1.82) is 0 Å². The van der Waals surface area contributed by atoms with Gasteiger partial charge in [-0.2, -0.15) is 0 Å². The summed E-state index contributed by atoms with van der Waals surface area (Å²) in [5.41, 5.74) is 3.17. The molecule has 27 heavy (non-hydrogen) atoms. The molecule has 1 unspecified atom stereocenters. The molecule has 142 valence electrons. The van der Waals surface area contributed by atoms with E-state index in [0.29, 0.717) is 19.6 Å². The molecule has 0 aromatic heterocycles. The minimum atomic E-state index is -0.321. The fraction of sp³-hybridized carbons (Fsp3) is 0.364. The van der Waals surface area contributed by atoms with E-state index < -0.39 is 0 Å². The van der Waals surface area contributed by atoms with Crippen molar-refractivity contribution < 1.29 is 23.7 Å². The Bertz CT molecular complexity index is 809. The lowest BCUT2D eigenvalue weighted by Crippen LogP contribution is -2.23. The van der Waals surface area contributed by atoms with Crippen LogP contribution in [0.1, 0.15) is 43.1 Å². The summed E-state index contributed by atoms with van der Waals surface area (Å²) in [7, 11) is 0. The Morgan fingerprint density at radius 1 is 1.00 bits per heavy atom. The third-order valence-corrected chi connectivity index (χ3v) is 4.65. The van der Waals surface area contributed by atoms with Gasteiger partial charge < -0.3 is 23.7 Å². The molecule has 2 heterocycles. The van der Waals surface area contributed by atoms with Crippen LogP contribution in [0.25, 0.3) is 11.8 Å². The smallest absolute Gasteiger partial charge is 0.231 e. The molecule has 0 spiro atoms. The first kappa shape index (κ1) is 17.9. The third-order valence-electron chi connectivity index (χ3n) is 4.65. The highest BCUT2D eigenvalue weighted by Crippen LogP contribution is 2.44. The maximum absolute atomic E-state index is 6.39. The first-order chi connectivity index (χ1) is 13.3. The normalized spacial score (nSPS) is 17.4. The molecule has 0 bridgehead atoms. The molecule has 0 saturated carbocycles. The van der Waals surface area contributed by atoms with E-state index in [4.69, 9.17) is 23.7 Å². The second-order valence-electron chi connectivity index (χ2n) is 6.39. The van der Waals surface area contributed by atoms with Crippen molar-refractivity contribution in [3.05, 3.63) is 59.2 Å². The summed E-state index contributed by atoms with van der Waals surface area (Å²) < 4.78 is 29.0. The molecule has 0 aliphatic carbocycles. The van der Waals surface area contributed by atoms with Gasteiger partial charge >= 0.3 is 0 Å². The van der Waals surface area contributed by atoms with Gasteiger partial charge in [-0.3, -0.25) is 0 Å². The van der Waals surface area contributed by atoms with Crippen LogP contribution in [-0.4, -0.2) is 26.3 Å². The van der Waals surface area contributed by atoms with Gasteiger partial charge in [-0.15, -0.1) is 0 Å². The molecule has 0 radical (unpaired) electrons. The van der Waals surface area contributed by atoms with Gasteiger partial charge in [-0.05, 0) is 37.6 Å². The van der Waals surface area contributed by atoms with E-state index in [1.165, 1.54) is 0 Å². The lowest BCUT2D eigenvalue weighted by Gasteiger charge is -2.30. The molecular weight excluding hydrogens is 344 g/mol. The second-order valence-corrected chi connectivity index (χ2v) is 6.39. The van der Waals surface area contributed by atoms with Gasteiger partial charge in [-0.1, -0.05) is 30.3 Å². The number of hydrogen-bond donors (Lipinski definition) is 0.